The number of amidine groups is 1. The molecule has 1 aromatic carbocycles. The molecule has 2 rings (SSSR count). The predicted molar refractivity (Wildman–Crippen MR) is 122 cm³/mol. The highest BCUT2D eigenvalue weighted by molar-refractivity contribution is 6.04. The van der Waals surface area contributed by atoms with Crippen molar-refractivity contribution in [2.45, 2.75) is 39.8 Å². The first kappa shape index (κ1) is 24.7. The first-order chi connectivity index (χ1) is 15.3. The Morgan fingerprint density at radius 2 is 1.97 bits per heavy atom. The second kappa shape index (κ2) is 11.7. The lowest BCUT2D eigenvalue weighted by Crippen LogP contribution is -2.47. The Kier molecular flexibility index (Phi) is 9.02. The van der Waals surface area contributed by atoms with E-state index in [9.17, 15) is 8.78 Å². The monoisotopic (exact) mass is 445 g/mol. The van der Waals surface area contributed by atoms with Crippen molar-refractivity contribution in [3.8, 4) is 0 Å². The van der Waals surface area contributed by atoms with Gasteiger partial charge in [-0.1, -0.05) is 39.0 Å². The summed E-state index contributed by atoms with van der Waals surface area (Å²) in [5, 5.41) is 17.9. The van der Waals surface area contributed by atoms with E-state index in [1.165, 1.54) is 12.1 Å². The van der Waals surface area contributed by atoms with E-state index in [-0.39, 0.29) is 41.5 Å². The van der Waals surface area contributed by atoms with Crippen LogP contribution < -0.4 is 27.7 Å². The zero-order valence-electron chi connectivity index (χ0n) is 18.3. The van der Waals surface area contributed by atoms with E-state index in [2.05, 4.69) is 31.1 Å². The Bertz CT molecular complexity index is 989. The smallest absolute Gasteiger partial charge is 0.183 e. The van der Waals surface area contributed by atoms with Crippen LogP contribution in [-0.4, -0.2) is 27.6 Å². The van der Waals surface area contributed by atoms with Crippen LogP contribution in [0.15, 0.2) is 47.3 Å². The Morgan fingerprint density at radius 3 is 2.56 bits per heavy atom. The largest absolute Gasteiger partial charge is 0.384 e. The summed E-state index contributed by atoms with van der Waals surface area (Å²) in [5.74, 6) is 9.86. The summed E-state index contributed by atoms with van der Waals surface area (Å²) in [5.41, 5.74) is 3.55. The number of aromatic nitrogens is 2. The molecule has 0 aliphatic rings. The summed E-state index contributed by atoms with van der Waals surface area (Å²) >= 11 is 0. The Morgan fingerprint density at radius 1 is 1.25 bits per heavy atom. The van der Waals surface area contributed by atoms with Gasteiger partial charge in [-0.05, 0) is 24.5 Å². The van der Waals surface area contributed by atoms with Crippen molar-refractivity contribution < 1.29 is 8.78 Å². The van der Waals surface area contributed by atoms with Gasteiger partial charge in [0, 0.05) is 17.8 Å². The maximum Gasteiger partial charge on any atom is 0.183 e. The molecular weight excluding hydrogens is 416 g/mol. The molecule has 0 spiro atoms. The molecule has 1 aromatic heterocycles. The van der Waals surface area contributed by atoms with Gasteiger partial charge in [0.1, 0.15) is 11.5 Å². The van der Waals surface area contributed by atoms with Crippen LogP contribution in [0.5, 0.6) is 0 Å². The first-order valence-corrected chi connectivity index (χ1v) is 10.1. The van der Waals surface area contributed by atoms with Gasteiger partial charge in [-0.2, -0.15) is 5.10 Å². The van der Waals surface area contributed by atoms with Gasteiger partial charge in [-0.3, -0.25) is 5.41 Å². The van der Waals surface area contributed by atoms with Gasteiger partial charge in [-0.15, -0.1) is 0 Å². The molecule has 11 heteroatoms. The van der Waals surface area contributed by atoms with Gasteiger partial charge < -0.3 is 21.9 Å². The molecule has 172 valence electrons. The number of nitrogens with zero attached hydrogens (tertiary/aromatic N) is 3. The van der Waals surface area contributed by atoms with E-state index in [0.29, 0.717) is 17.7 Å². The van der Waals surface area contributed by atoms with Gasteiger partial charge >= 0.3 is 0 Å². The number of anilines is 1. The minimum absolute atomic E-state index is 0.0157. The van der Waals surface area contributed by atoms with Crippen molar-refractivity contribution in [2.24, 2.45) is 22.7 Å². The van der Waals surface area contributed by atoms with Crippen molar-refractivity contribution in [2.75, 3.05) is 5.32 Å². The summed E-state index contributed by atoms with van der Waals surface area (Å²) in [4.78, 5) is 8.06. The van der Waals surface area contributed by atoms with E-state index in [1.807, 2.05) is 20.8 Å². The molecule has 0 amide bonds. The minimum atomic E-state index is -0.696. The average molecular weight is 446 g/mol. The van der Waals surface area contributed by atoms with Crippen LogP contribution in [0.3, 0.4) is 0 Å². The molecule has 32 heavy (non-hydrogen) atoms. The lowest BCUT2D eigenvalue weighted by atomic mass is 10.0. The Hall–Kier alpha value is -3.60. The highest BCUT2D eigenvalue weighted by Gasteiger charge is 2.22. The number of nitrogens with one attached hydrogen (secondary N) is 4. The van der Waals surface area contributed by atoms with Gasteiger partial charge in [0.05, 0.1) is 12.2 Å². The van der Waals surface area contributed by atoms with Crippen LogP contribution in [0.1, 0.15) is 38.6 Å². The molecule has 9 nitrogen and oxygen atoms in total. The number of hydrogen-bond donors (Lipinski definition) is 6. The van der Waals surface area contributed by atoms with Gasteiger partial charge in [-0.25, -0.2) is 24.6 Å². The molecule has 0 saturated carbocycles. The van der Waals surface area contributed by atoms with Gasteiger partial charge in [0.2, 0.25) is 0 Å². The number of hydrazine groups is 1. The maximum atomic E-state index is 14.4. The van der Waals surface area contributed by atoms with E-state index in [4.69, 9.17) is 17.1 Å². The molecule has 0 saturated heterocycles. The molecule has 0 radical (unpaired) electrons. The Labute approximate surface area is 185 Å². The van der Waals surface area contributed by atoms with Crippen LogP contribution in [0.2, 0.25) is 0 Å². The summed E-state index contributed by atoms with van der Waals surface area (Å²) in [6.07, 6.45) is 3.08. The number of nitrogens with two attached hydrogens (primary N) is 2. The lowest BCUT2D eigenvalue weighted by molar-refractivity contribution is 0.584. The fourth-order valence-electron chi connectivity index (χ4n) is 2.87. The molecule has 8 N–H and O–H groups in total. The van der Waals surface area contributed by atoms with Gasteiger partial charge in [0.15, 0.2) is 23.3 Å². The fraction of sp³-hybridized carbons (Fsp3) is 0.333. The summed E-state index contributed by atoms with van der Waals surface area (Å²) in [7, 11) is 0. The number of benzene rings is 1. The molecule has 0 aliphatic heterocycles. The Balaban J connectivity index is 2.21. The lowest BCUT2D eigenvalue weighted by Gasteiger charge is -2.23. The maximum absolute atomic E-state index is 14.4. The number of halogens is 2. The van der Waals surface area contributed by atoms with E-state index >= 15 is 0 Å². The number of rotatable bonds is 10. The number of hydrogen-bond acceptors (Lipinski definition) is 8. The molecule has 0 bridgehead atoms. The normalized spacial score (nSPS) is 13.1. The molecule has 0 aliphatic carbocycles. The molecular formula is C21H29F2N9. The number of allylic oxidation sites excluding steroid dienone is 2. The van der Waals surface area contributed by atoms with Gasteiger partial charge in [0.25, 0.3) is 0 Å². The van der Waals surface area contributed by atoms with Crippen LogP contribution in [0.25, 0.3) is 0 Å². The van der Waals surface area contributed by atoms with Crippen LogP contribution in [0.4, 0.5) is 14.6 Å². The fourth-order valence-corrected chi connectivity index (χ4v) is 2.87. The van der Waals surface area contributed by atoms with E-state index in [0.717, 1.165) is 6.20 Å². The number of hydrazone groups is 1. The SMILES string of the molecule is CC/C(=C/C(=N)c1ncc(F)c(NC(/C(=N/N)NN)C(C)C)n1)NCc1ccccc1F. The molecule has 1 unspecified atom stereocenters. The van der Waals surface area contributed by atoms with Crippen molar-refractivity contribution in [1.82, 2.24) is 20.7 Å². The summed E-state index contributed by atoms with van der Waals surface area (Å²) in [6.45, 7) is 5.91. The molecule has 1 heterocycles. The van der Waals surface area contributed by atoms with Crippen molar-refractivity contribution in [3.05, 3.63) is 65.3 Å². The van der Waals surface area contributed by atoms with E-state index in [1.54, 1.807) is 18.2 Å². The zero-order valence-corrected chi connectivity index (χ0v) is 18.3. The average Bonchev–Trinajstić information content (AvgIpc) is 2.78. The van der Waals surface area contributed by atoms with Crippen LogP contribution in [-0.2, 0) is 6.54 Å². The summed E-state index contributed by atoms with van der Waals surface area (Å²) < 4.78 is 28.2. The van der Waals surface area contributed by atoms with Crippen molar-refractivity contribution in [3.63, 3.8) is 0 Å². The topological polar surface area (TPSA) is 150 Å². The molecule has 2 aromatic rings. The van der Waals surface area contributed by atoms with Crippen molar-refractivity contribution in [1.29, 1.82) is 5.41 Å². The molecule has 1 atom stereocenters. The third-order valence-electron chi connectivity index (χ3n) is 4.69. The third-order valence-corrected chi connectivity index (χ3v) is 4.69. The minimum Gasteiger partial charge on any atom is -0.384 e. The summed E-state index contributed by atoms with van der Waals surface area (Å²) in [6, 6.07) is 5.91. The first-order valence-electron chi connectivity index (χ1n) is 10.1. The highest BCUT2D eigenvalue weighted by atomic mass is 19.1. The second-order valence-corrected chi connectivity index (χ2v) is 7.30. The van der Waals surface area contributed by atoms with Crippen LogP contribution in [0, 0.1) is 23.0 Å². The van der Waals surface area contributed by atoms with Crippen molar-refractivity contribution >= 4 is 17.4 Å². The third kappa shape index (κ3) is 6.45. The van der Waals surface area contributed by atoms with Crippen LogP contribution >= 0.6 is 0 Å². The highest BCUT2D eigenvalue weighted by Crippen LogP contribution is 2.16. The zero-order chi connectivity index (χ0) is 23.7. The molecule has 0 fully saturated rings. The predicted octanol–water partition coefficient (Wildman–Crippen LogP) is 2.38. The second-order valence-electron chi connectivity index (χ2n) is 7.30. The van der Waals surface area contributed by atoms with E-state index < -0.39 is 11.9 Å². The standard InChI is InChI=1S/C21H29F2N9/c1-4-14(27-10-13-7-5-6-8-15(13)22)9-17(24)20-28-11-16(23)19(30-20)29-18(12(2)3)21(31-25)32-26/h5-9,11-12,18,24,27H,4,10,25-26H2,1-3H3,(H,31,32)(H,28,29,30)/b14-9-,24-17?. The quantitative estimate of drug-likeness (QED) is 0.142.